The number of rotatable bonds is 2. The van der Waals surface area contributed by atoms with E-state index in [1.807, 2.05) is 18.2 Å². The lowest BCUT2D eigenvalue weighted by molar-refractivity contribution is 0.482. The number of fused-ring (bicyclic) bond motifs is 1. The lowest BCUT2D eigenvalue weighted by Gasteiger charge is -1.96. The van der Waals surface area contributed by atoms with Crippen LogP contribution >= 0.6 is 15.9 Å². The fourth-order valence-corrected chi connectivity index (χ4v) is 1.72. The van der Waals surface area contributed by atoms with Gasteiger partial charge in [-0.25, -0.2) is 4.98 Å². The Hall–Kier alpha value is -0.830. The summed E-state index contributed by atoms with van der Waals surface area (Å²) in [4.78, 5) is 4.41. The molecule has 2 aromatic rings. The highest BCUT2D eigenvalue weighted by molar-refractivity contribution is 9.10. The van der Waals surface area contributed by atoms with Gasteiger partial charge >= 0.3 is 0 Å². The molecule has 0 amide bonds. The Balaban J connectivity index is 2.41. The van der Waals surface area contributed by atoms with Crippen LogP contribution in [0.15, 0.2) is 27.1 Å². The Morgan fingerprint density at radius 3 is 2.93 bits per heavy atom. The lowest BCUT2D eigenvalue weighted by atomic mass is 10.1. The van der Waals surface area contributed by atoms with Crippen molar-refractivity contribution >= 4 is 27.0 Å². The Morgan fingerprint density at radius 1 is 1.43 bits per heavy atom. The van der Waals surface area contributed by atoms with E-state index in [9.17, 15) is 0 Å². The normalized spacial score (nSPS) is 11.4. The smallest absolute Gasteiger partial charge is 0.195 e. The molecule has 0 aliphatic heterocycles. The van der Waals surface area contributed by atoms with Crippen molar-refractivity contribution < 1.29 is 4.42 Å². The summed E-state index contributed by atoms with van der Waals surface area (Å²) < 4.78 is 6.64. The van der Waals surface area contributed by atoms with Crippen molar-refractivity contribution in [3.05, 3.63) is 28.6 Å². The van der Waals surface area contributed by atoms with Crippen molar-refractivity contribution in [1.29, 1.82) is 0 Å². The molecule has 0 bridgehead atoms. The van der Waals surface area contributed by atoms with E-state index in [0.29, 0.717) is 5.92 Å². The molecular formula is C11H12BrNO. The van der Waals surface area contributed by atoms with Crippen molar-refractivity contribution in [1.82, 2.24) is 4.98 Å². The van der Waals surface area contributed by atoms with Crippen LogP contribution in [-0.4, -0.2) is 4.98 Å². The van der Waals surface area contributed by atoms with Crippen LogP contribution < -0.4 is 0 Å². The zero-order chi connectivity index (χ0) is 10.1. The van der Waals surface area contributed by atoms with Crippen LogP contribution in [0.1, 0.15) is 19.7 Å². The number of hydrogen-bond acceptors (Lipinski definition) is 2. The highest BCUT2D eigenvalue weighted by Gasteiger charge is 2.07. The summed E-state index contributed by atoms with van der Waals surface area (Å²) in [6, 6.07) is 5.89. The van der Waals surface area contributed by atoms with E-state index in [0.717, 1.165) is 27.9 Å². The molecule has 0 atom stereocenters. The monoisotopic (exact) mass is 253 g/mol. The molecule has 0 saturated carbocycles. The van der Waals surface area contributed by atoms with Crippen molar-refractivity contribution in [2.24, 2.45) is 5.92 Å². The zero-order valence-corrected chi connectivity index (χ0v) is 9.84. The zero-order valence-electron chi connectivity index (χ0n) is 8.25. The van der Waals surface area contributed by atoms with Gasteiger partial charge in [0.25, 0.3) is 0 Å². The molecule has 0 saturated heterocycles. The second kappa shape index (κ2) is 3.73. The van der Waals surface area contributed by atoms with Crippen LogP contribution in [0.5, 0.6) is 0 Å². The number of benzene rings is 1. The van der Waals surface area contributed by atoms with Gasteiger partial charge in [-0.1, -0.05) is 29.8 Å². The summed E-state index contributed by atoms with van der Waals surface area (Å²) >= 11 is 3.40. The summed E-state index contributed by atoms with van der Waals surface area (Å²) in [6.07, 6.45) is 0.895. The molecule has 3 heteroatoms. The van der Waals surface area contributed by atoms with Crippen LogP contribution in [0.25, 0.3) is 11.1 Å². The maximum Gasteiger partial charge on any atom is 0.195 e. The van der Waals surface area contributed by atoms with Gasteiger partial charge in [0.1, 0.15) is 5.52 Å². The first kappa shape index (κ1) is 9.71. The standard InChI is InChI=1S/C11H12BrNO/c1-7(2)5-11-13-9-4-3-8(12)6-10(9)14-11/h3-4,6-7H,5H2,1-2H3. The predicted octanol–water partition coefficient (Wildman–Crippen LogP) is 3.79. The molecule has 1 aromatic heterocycles. The summed E-state index contributed by atoms with van der Waals surface area (Å²) in [5.41, 5.74) is 1.79. The van der Waals surface area contributed by atoms with Gasteiger partial charge in [0.15, 0.2) is 11.5 Å². The van der Waals surface area contributed by atoms with Gasteiger partial charge in [0, 0.05) is 10.9 Å². The predicted molar refractivity (Wildman–Crippen MR) is 60.3 cm³/mol. The van der Waals surface area contributed by atoms with Gasteiger partial charge in [-0.15, -0.1) is 0 Å². The van der Waals surface area contributed by atoms with Gasteiger partial charge in [-0.05, 0) is 24.1 Å². The Kier molecular flexibility index (Phi) is 2.59. The minimum absolute atomic E-state index is 0.575. The molecule has 1 heterocycles. The molecule has 0 fully saturated rings. The van der Waals surface area contributed by atoms with E-state index < -0.39 is 0 Å². The van der Waals surface area contributed by atoms with Crippen molar-refractivity contribution in [2.75, 3.05) is 0 Å². The van der Waals surface area contributed by atoms with Crippen molar-refractivity contribution in [2.45, 2.75) is 20.3 Å². The average molecular weight is 254 g/mol. The minimum atomic E-state index is 0.575. The summed E-state index contributed by atoms with van der Waals surface area (Å²) in [7, 11) is 0. The fourth-order valence-electron chi connectivity index (χ4n) is 1.38. The number of halogens is 1. The van der Waals surface area contributed by atoms with E-state index >= 15 is 0 Å². The van der Waals surface area contributed by atoms with Crippen molar-refractivity contribution in [3.8, 4) is 0 Å². The van der Waals surface area contributed by atoms with Crippen LogP contribution in [0.2, 0.25) is 0 Å². The molecule has 74 valence electrons. The van der Waals surface area contributed by atoms with Gasteiger partial charge in [-0.3, -0.25) is 0 Å². The van der Waals surface area contributed by atoms with E-state index in [4.69, 9.17) is 4.42 Å². The second-order valence-corrected chi connectivity index (χ2v) is 4.73. The summed E-state index contributed by atoms with van der Waals surface area (Å²) in [5.74, 6) is 1.40. The number of aromatic nitrogens is 1. The molecule has 0 aliphatic rings. The molecule has 0 spiro atoms. The summed E-state index contributed by atoms with van der Waals surface area (Å²) in [5, 5.41) is 0. The lowest BCUT2D eigenvalue weighted by Crippen LogP contribution is -1.93. The van der Waals surface area contributed by atoms with Crippen LogP contribution in [0.4, 0.5) is 0 Å². The molecule has 2 rings (SSSR count). The highest BCUT2D eigenvalue weighted by atomic mass is 79.9. The van der Waals surface area contributed by atoms with Crippen LogP contribution in [0.3, 0.4) is 0 Å². The van der Waals surface area contributed by atoms with Gasteiger partial charge in [0.2, 0.25) is 0 Å². The third kappa shape index (κ3) is 1.98. The maximum atomic E-state index is 5.62. The van der Waals surface area contributed by atoms with Crippen molar-refractivity contribution in [3.63, 3.8) is 0 Å². The van der Waals surface area contributed by atoms with E-state index in [1.54, 1.807) is 0 Å². The fraction of sp³-hybridized carbons (Fsp3) is 0.364. The number of nitrogens with zero attached hydrogens (tertiary/aromatic N) is 1. The third-order valence-corrected chi connectivity index (χ3v) is 2.47. The second-order valence-electron chi connectivity index (χ2n) is 3.82. The minimum Gasteiger partial charge on any atom is -0.441 e. The van der Waals surface area contributed by atoms with Crippen LogP contribution in [-0.2, 0) is 6.42 Å². The molecule has 0 unspecified atom stereocenters. The molecule has 14 heavy (non-hydrogen) atoms. The Morgan fingerprint density at radius 2 is 2.21 bits per heavy atom. The quantitative estimate of drug-likeness (QED) is 0.814. The molecule has 0 radical (unpaired) electrons. The maximum absolute atomic E-state index is 5.62. The van der Waals surface area contributed by atoms with E-state index in [2.05, 4.69) is 34.8 Å². The molecular weight excluding hydrogens is 242 g/mol. The third-order valence-electron chi connectivity index (χ3n) is 1.98. The molecule has 1 aromatic carbocycles. The van der Waals surface area contributed by atoms with Gasteiger partial charge in [-0.2, -0.15) is 0 Å². The molecule has 2 nitrogen and oxygen atoms in total. The Labute approximate surface area is 91.5 Å². The SMILES string of the molecule is CC(C)Cc1nc2ccc(Br)cc2o1. The first-order valence-electron chi connectivity index (χ1n) is 4.70. The number of hydrogen-bond donors (Lipinski definition) is 0. The first-order valence-corrected chi connectivity index (χ1v) is 5.49. The first-order chi connectivity index (χ1) is 6.65. The summed E-state index contributed by atoms with van der Waals surface area (Å²) in [6.45, 7) is 4.32. The largest absolute Gasteiger partial charge is 0.441 e. The molecule has 0 aliphatic carbocycles. The Bertz CT molecular complexity index is 447. The average Bonchev–Trinajstić information content (AvgIpc) is 2.44. The van der Waals surface area contributed by atoms with E-state index in [1.165, 1.54) is 0 Å². The van der Waals surface area contributed by atoms with Gasteiger partial charge in [0.05, 0.1) is 0 Å². The molecule has 0 N–H and O–H groups in total. The highest BCUT2D eigenvalue weighted by Crippen LogP contribution is 2.21. The van der Waals surface area contributed by atoms with Crippen LogP contribution in [0, 0.1) is 5.92 Å². The van der Waals surface area contributed by atoms with Gasteiger partial charge < -0.3 is 4.42 Å². The topological polar surface area (TPSA) is 26.0 Å². The number of oxazole rings is 1. The van der Waals surface area contributed by atoms with E-state index in [-0.39, 0.29) is 0 Å².